The summed E-state index contributed by atoms with van der Waals surface area (Å²) in [4.78, 5) is 23.7. The third-order valence-electron chi connectivity index (χ3n) is 3.22. The molecule has 2 aromatic carbocycles. The van der Waals surface area contributed by atoms with Crippen LogP contribution in [0.2, 0.25) is 0 Å². The normalized spacial score (nSPS) is 12.5. The number of carbonyl (C=O) groups is 2. The fourth-order valence-corrected chi connectivity index (χ4v) is 1.99. The number of nitriles is 1. The first kappa shape index (κ1) is 17.0. The fourth-order valence-electron chi connectivity index (χ4n) is 1.99. The first-order valence-electron chi connectivity index (χ1n) is 7.23. The van der Waals surface area contributed by atoms with Gasteiger partial charge >= 0.3 is 5.97 Å². The summed E-state index contributed by atoms with van der Waals surface area (Å²) in [6.07, 6.45) is -2.12. The fraction of sp³-hybridized carbons (Fsp3) is 0.167. The van der Waals surface area contributed by atoms with Crippen LogP contribution in [0.5, 0.6) is 5.75 Å². The van der Waals surface area contributed by atoms with Crippen LogP contribution in [0.3, 0.4) is 0 Å². The number of ether oxygens (including phenoxy) is 2. The molecule has 2 aromatic rings. The largest absolute Gasteiger partial charge is 0.479 e. The van der Waals surface area contributed by atoms with Crippen molar-refractivity contribution in [2.45, 2.75) is 19.1 Å². The van der Waals surface area contributed by atoms with E-state index in [1.165, 1.54) is 6.92 Å². The summed E-state index contributed by atoms with van der Waals surface area (Å²) in [5.41, 5.74) is 6.29. The standard InChI is InChI=1S/C18H16N2O4/c1-12(23-15-9-7-13(11-19)8-10-15)18(22)24-16(17(20)21)14-5-3-2-4-6-14/h2-10,12,16H,1H3,(H2,20,21). The smallest absolute Gasteiger partial charge is 0.348 e. The molecule has 2 N–H and O–H groups in total. The Morgan fingerprint density at radius 1 is 1.08 bits per heavy atom. The zero-order valence-corrected chi connectivity index (χ0v) is 13.0. The summed E-state index contributed by atoms with van der Waals surface area (Å²) in [5, 5.41) is 8.75. The molecule has 0 bridgehead atoms. The molecular formula is C18H16N2O4. The van der Waals surface area contributed by atoms with Crippen LogP contribution in [-0.2, 0) is 14.3 Å². The molecule has 0 aliphatic rings. The number of hydrogen-bond acceptors (Lipinski definition) is 5. The Bertz CT molecular complexity index is 751. The van der Waals surface area contributed by atoms with Crippen molar-refractivity contribution in [3.63, 3.8) is 0 Å². The van der Waals surface area contributed by atoms with E-state index in [-0.39, 0.29) is 0 Å². The van der Waals surface area contributed by atoms with E-state index in [2.05, 4.69) is 0 Å². The van der Waals surface area contributed by atoms with Crippen molar-refractivity contribution in [3.8, 4) is 11.8 Å². The Morgan fingerprint density at radius 2 is 1.71 bits per heavy atom. The van der Waals surface area contributed by atoms with Crippen LogP contribution in [0.15, 0.2) is 54.6 Å². The van der Waals surface area contributed by atoms with Gasteiger partial charge in [0.15, 0.2) is 6.10 Å². The molecule has 0 fully saturated rings. The highest BCUT2D eigenvalue weighted by Crippen LogP contribution is 2.19. The Hall–Kier alpha value is -3.33. The number of hydrogen-bond donors (Lipinski definition) is 1. The number of primary amides is 1. The van der Waals surface area contributed by atoms with Crippen LogP contribution in [0.1, 0.15) is 24.2 Å². The van der Waals surface area contributed by atoms with Crippen molar-refractivity contribution in [2.24, 2.45) is 5.73 Å². The molecule has 0 radical (unpaired) electrons. The quantitative estimate of drug-likeness (QED) is 0.820. The van der Waals surface area contributed by atoms with Gasteiger partial charge in [-0.25, -0.2) is 4.79 Å². The molecule has 0 heterocycles. The number of amides is 1. The first-order chi connectivity index (χ1) is 11.5. The molecule has 2 atom stereocenters. The van der Waals surface area contributed by atoms with Crippen LogP contribution in [0.25, 0.3) is 0 Å². The monoisotopic (exact) mass is 324 g/mol. The molecule has 24 heavy (non-hydrogen) atoms. The van der Waals surface area contributed by atoms with E-state index in [1.54, 1.807) is 54.6 Å². The lowest BCUT2D eigenvalue weighted by molar-refractivity contribution is -0.161. The summed E-state index contributed by atoms with van der Waals surface area (Å²) in [6.45, 7) is 1.50. The number of rotatable bonds is 6. The lowest BCUT2D eigenvalue weighted by Crippen LogP contribution is -2.32. The Balaban J connectivity index is 2.03. The van der Waals surface area contributed by atoms with E-state index in [0.717, 1.165) is 0 Å². The second kappa shape index (κ2) is 7.79. The number of esters is 1. The average Bonchev–Trinajstić information content (AvgIpc) is 2.60. The maximum absolute atomic E-state index is 12.2. The Kier molecular flexibility index (Phi) is 5.53. The molecule has 0 saturated carbocycles. The predicted molar refractivity (Wildman–Crippen MR) is 85.7 cm³/mol. The van der Waals surface area contributed by atoms with E-state index in [9.17, 15) is 9.59 Å². The average molecular weight is 324 g/mol. The summed E-state index contributed by atoms with van der Waals surface area (Å²) in [6, 6.07) is 16.8. The predicted octanol–water partition coefficient (Wildman–Crippen LogP) is 2.10. The van der Waals surface area contributed by atoms with Gasteiger partial charge in [-0.2, -0.15) is 5.26 Å². The minimum absolute atomic E-state index is 0.411. The molecule has 2 rings (SSSR count). The third-order valence-corrected chi connectivity index (χ3v) is 3.22. The molecule has 0 saturated heterocycles. The second-order valence-electron chi connectivity index (χ2n) is 5.03. The minimum Gasteiger partial charge on any atom is -0.479 e. The van der Waals surface area contributed by atoms with E-state index in [0.29, 0.717) is 16.9 Å². The first-order valence-corrected chi connectivity index (χ1v) is 7.23. The summed E-state index contributed by atoms with van der Waals surface area (Å²) in [5.74, 6) is -1.07. The van der Waals surface area contributed by atoms with E-state index >= 15 is 0 Å². The zero-order valence-electron chi connectivity index (χ0n) is 13.0. The Labute approximate surface area is 139 Å². The number of carbonyl (C=O) groups excluding carboxylic acids is 2. The molecular weight excluding hydrogens is 308 g/mol. The van der Waals surface area contributed by atoms with Gasteiger partial charge in [0.05, 0.1) is 11.6 Å². The summed E-state index contributed by atoms with van der Waals surface area (Å²) >= 11 is 0. The van der Waals surface area contributed by atoms with Gasteiger partial charge in [0.1, 0.15) is 5.75 Å². The maximum atomic E-state index is 12.2. The third kappa shape index (κ3) is 4.34. The van der Waals surface area contributed by atoms with Crippen LogP contribution in [0, 0.1) is 11.3 Å². The highest BCUT2D eigenvalue weighted by molar-refractivity contribution is 5.84. The SMILES string of the molecule is CC(Oc1ccc(C#N)cc1)C(=O)OC(C(N)=O)c1ccccc1. The van der Waals surface area contributed by atoms with Crippen molar-refractivity contribution in [1.82, 2.24) is 0 Å². The molecule has 0 aliphatic heterocycles. The van der Waals surface area contributed by atoms with E-state index in [1.807, 2.05) is 6.07 Å². The minimum atomic E-state index is -1.18. The number of benzene rings is 2. The van der Waals surface area contributed by atoms with Gasteiger partial charge in [-0.15, -0.1) is 0 Å². The lowest BCUT2D eigenvalue weighted by Gasteiger charge is -2.19. The van der Waals surface area contributed by atoms with Gasteiger partial charge in [-0.05, 0) is 31.2 Å². The maximum Gasteiger partial charge on any atom is 0.348 e. The molecule has 0 spiro atoms. The lowest BCUT2D eigenvalue weighted by atomic mass is 10.1. The van der Waals surface area contributed by atoms with Crippen LogP contribution in [-0.4, -0.2) is 18.0 Å². The highest BCUT2D eigenvalue weighted by Gasteiger charge is 2.26. The van der Waals surface area contributed by atoms with Crippen molar-refractivity contribution in [2.75, 3.05) is 0 Å². The van der Waals surface area contributed by atoms with Gasteiger partial charge < -0.3 is 15.2 Å². The molecule has 122 valence electrons. The second-order valence-corrected chi connectivity index (χ2v) is 5.03. The van der Waals surface area contributed by atoms with Crippen LogP contribution >= 0.6 is 0 Å². The van der Waals surface area contributed by atoms with Crippen molar-refractivity contribution >= 4 is 11.9 Å². The van der Waals surface area contributed by atoms with Crippen molar-refractivity contribution in [1.29, 1.82) is 5.26 Å². The number of nitrogens with zero attached hydrogens (tertiary/aromatic N) is 1. The van der Waals surface area contributed by atoms with Crippen LogP contribution < -0.4 is 10.5 Å². The molecule has 0 aliphatic carbocycles. The van der Waals surface area contributed by atoms with E-state index in [4.69, 9.17) is 20.5 Å². The van der Waals surface area contributed by atoms with Gasteiger partial charge in [-0.3, -0.25) is 4.79 Å². The molecule has 1 amide bonds. The van der Waals surface area contributed by atoms with E-state index < -0.39 is 24.1 Å². The summed E-state index contributed by atoms with van der Waals surface area (Å²) < 4.78 is 10.6. The van der Waals surface area contributed by atoms with Gasteiger partial charge in [0.25, 0.3) is 5.91 Å². The molecule has 0 aromatic heterocycles. The van der Waals surface area contributed by atoms with Crippen molar-refractivity contribution in [3.05, 3.63) is 65.7 Å². The zero-order chi connectivity index (χ0) is 17.5. The van der Waals surface area contributed by atoms with Crippen molar-refractivity contribution < 1.29 is 19.1 Å². The number of nitrogens with two attached hydrogens (primary N) is 1. The van der Waals surface area contributed by atoms with Gasteiger partial charge in [-0.1, -0.05) is 30.3 Å². The molecule has 2 unspecified atom stereocenters. The molecule has 6 nitrogen and oxygen atoms in total. The van der Waals surface area contributed by atoms with Gasteiger partial charge in [0.2, 0.25) is 6.10 Å². The van der Waals surface area contributed by atoms with Crippen LogP contribution in [0.4, 0.5) is 0 Å². The Morgan fingerprint density at radius 3 is 2.25 bits per heavy atom. The summed E-state index contributed by atoms with van der Waals surface area (Å²) in [7, 11) is 0. The van der Waals surface area contributed by atoms with Gasteiger partial charge in [0, 0.05) is 5.56 Å². The highest BCUT2D eigenvalue weighted by atomic mass is 16.6. The topological polar surface area (TPSA) is 102 Å². The molecule has 6 heteroatoms.